The molecule has 0 N–H and O–H groups in total. The zero-order valence-corrected chi connectivity index (χ0v) is 28.1. The molecule has 0 unspecified atom stereocenters. The first kappa shape index (κ1) is 29.7. The monoisotopic (exact) mass is 638 g/mol. The van der Waals surface area contributed by atoms with Crippen molar-refractivity contribution in [1.82, 2.24) is 9.97 Å². The fourth-order valence-electron chi connectivity index (χ4n) is 7.74. The zero-order valence-electron chi connectivity index (χ0n) is 28.1. The Morgan fingerprint density at radius 2 is 0.800 bits per heavy atom. The van der Waals surface area contributed by atoms with Crippen LogP contribution in [0.3, 0.4) is 0 Å². The highest BCUT2D eigenvalue weighted by atomic mass is 14.6. The molecule has 0 fully saturated rings. The van der Waals surface area contributed by atoms with E-state index in [4.69, 9.17) is 0 Å². The largest absolute Gasteiger partial charge is 0.265 e. The van der Waals surface area contributed by atoms with Crippen LogP contribution in [0.1, 0.15) is 11.1 Å². The second-order valence-electron chi connectivity index (χ2n) is 13.1. The van der Waals surface area contributed by atoms with Crippen LogP contribution in [-0.4, -0.2) is 9.97 Å². The van der Waals surface area contributed by atoms with E-state index >= 15 is 0 Å². The Balaban J connectivity index is 1.35. The maximum atomic E-state index is 4.24. The van der Waals surface area contributed by atoms with Crippen LogP contribution >= 0.6 is 0 Å². The summed E-state index contributed by atoms with van der Waals surface area (Å²) in [5.74, 6) is 0. The van der Waals surface area contributed by atoms with Gasteiger partial charge in [0.25, 0.3) is 0 Å². The van der Waals surface area contributed by atoms with E-state index < -0.39 is 0 Å². The third kappa shape index (κ3) is 5.05. The Morgan fingerprint density at radius 1 is 0.320 bits per heavy atom. The van der Waals surface area contributed by atoms with E-state index in [0.29, 0.717) is 0 Å². The first-order valence-corrected chi connectivity index (χ1v) is 17.1. The summed E-state index contributed by atoms with van der Waals surface area (Å²) >= 11 is 0. The van der Waals surface area contributed by atoms with Crippen molar-refractivity contribution in [1.29, 1.82) is 0 Å². The Hall–Kier alpha value is -6.38. The van der Waals surface area contributed by atoms with Crippen LogP contribution in [0.15, 0.2) is 170 Å². The lowest BCUT2D eigenvalue weighted by Gasteiger charge is -2.21. The predicted molar refractivity (Wildman–Crippen MR) is 211 cm³/mol. The molecule has 0 aliphatic carbocycles. The number of aromatic nitrogens is 2. The highest BCUT2D eigenvalue weighted by Crippen LogP contribution is 2.47. The lowest BCUT2D eigenvalue weighted by molar-refractivity contribution is 1.33. The van der Waals surface area contributed by atoms with E-state index in [9.17, 15) is 0 Å². The normalized spacial score (nSPS) is 11.4. The van der Waals surface area contributed by atoms with Crippen LogP contribution in [0.4, 0.5) is 0 Å². The summed E-state index contributed by atoms with van der Waals surface area (Å²) in [7, 11) is 0. The molecule has 0 spiro atoms. The number of hydrogen-bond acceptors (Lipinski definition) is 2. The van der Waals surface area contributed by atoms with Crippen LogP contribution in [0.25, 0.3) is 88.0 Å². The van der Waals surface area contributed by atoms with E-state index in [2.05, 4.69) is 169 Å². The molecule has 7 aromatic carbocycles. The molecular formula is C48H34N2. The number of aryl methyl sites for hydroxylation is 2. The van der Waals surface area contributed by atoms with Crippen LogP contribution in [0.5, 0.6) is 0 Å². The number of rotatable bonds is 5. The fraction of sp³-hybridized carbons (Fsp3) is 0.0417. The molecule has 0 saturated carbocycles. The molecular weight excluding hydrogens is 605 g/mol. The summed E-state index contributed by atoms with van der Waals surface area (Å²) in [4.78, 5) is 8.47. The van der Waals surface area contributed by atoms with Gasteiger partial charge in [-0.3, -0.25) is 9.97 Å². The fourth-order valence-corrected chi connectivity index (χ4v) is 7.74. The maximum absolute atomic E-state index is 4.24. The lowest BCUT2D eigenvalue weighted by Crippen LogP contribution is -1.95. The minimum absolute atomic E-state index is 1.17. The molecule has 50 heavy (non-hydrogen) atoms. The van der Waals surface area contributed by atoms with Crippen molar-refractivity contribution in [2.75, 3.05) is 0 Å². The third-order valence-electron chi connectivity index (χ3n) is 10.1. The summed E-state index contributed by atoms with van der Waals surface area (Å²) in [6.45, 7) is 4.48. The summed E-state index contributed by atoms with van der Waals surface area (Å²) in [5.41, 5.74) is 14.7. The molecule has 0 radical (unpaired) electrons. The van der Waals surface area contributed by atoms with Crippen molar-refractivity contribution in [2.24, 2.45) is 0 Å². The van der Waals surface area contributed by atoms with Crippen LogP contribution in [0.2, 0.25) is 0 Å². The minimum atomic E-state index is 1.17. The Kier molecular flexibility index (Phi) is 7.29. The average molecular weight is 639 g/mol. The first-order chi connectivity index (χ1) is 24.6. The number of nitrogens with zero attached hydrogens (tertiary/aromatic N) is 2. The van der Waals surface area contributed by atoms with E-state index in [-0.39, 0.29) is 0 Å². The van der Waals surface area contributed by atoms with E-state index in [0.717, 1.165) is 0 Å². The maximum Gasteiger partial charge on any atom is 0.0273 e. The molecule has 9 rings (SSSR count). The molecule has 0 atom stereocenters. The minimum Gasteiger partial charge on any atom is -0.265 e. The van der Waals surface area contributed by atoms with Gasteiger partial charge in [0.15, 0.2) is 0 Å². The quantitative estimate of drug-likeness (QED) is 0.175. The van der Waals surface area contributed by atoms with Crippen molar-refractivity contribution < 1.29 is 0 Å². The third-order valence-corrected chi connectivity index (χ3v) is 10.1. The SMILES string of the molecule is Cc1cc(-c2ccncc2)ccc1-c1c2ccccc2c(-c2ccc(-c3ccncc3)cc2C)c2cc(-c3cccc4ccccc34)ccc12. The smallest absolute Gasteiger partial charge is 0.0273 e. The van der Waals surface area contributed by atoms with Gasteiger partial charge in [0.05, 0.1) is 0 Å². The summed E-state index contributed by atoms with van der Waals surface area (Å²) in [5, 5.41) is 7.52. The van der Waals surface area contributed by atoms with Gasteiger partial charge in [-0.2, -0.15) is 0 Å². The molecule has 2 nitrogen and oxygen atoms in total. The van der Waals surface area contributed by atoms with Gasteiger partial charge in [0.2, 0.25) is 0 Å². The molecule has 0 bridgehead atoms. The highest BCUT2D eigenvalue weighted by molar-refractivity contribution is 6.22. The molecule has 0 amide bonds. The van der Waals surface area contributed by atoms with E-state index in [1.54, 1.807) is 0 Å². The molecule has 0 aliphatic heterocycles. The van der Waals surface area contributed by atoms with Crippen molar-refractivity contribution in [3.8, 4) is 55.6 Å². The number of benzene rings is 7. The Labute approximate surface area is 292 Å². The summed E-state index contributed by atoms with van der Waals surface area (Å²) < 4.78 is 0. The zero-order chi connectivity index (χ0) is 33.6. The van der Waals surface area contributed by atoms with Gasteiger partial charge in [-0.1, -0.05) is 115 Å². The van der Waals surface area contributed by atoms with Crippen molar-refractivity contribution in [3.63, 3.8) is 0 Å². The first-order valence-electron chi connectivity index (χ1n) is 17.1. The Morgan fingerprint density at radius 3 is 1.38 bits per heavy atom. The molecule has 0 saturated heterocycles. The predicted octanol–water partition coefficient (Wildman–Crippen LogP) is 12.9. The second-order valence-corrected chi connectivity index (χ2v) is 13.1. The molecule has 2 aromatic heterocycles. The van der Waals surface area contributed by atoms with E-state index in [1.807, 2.05) is 24.8 Å². The molecule has 9 aromatic rings. The number of pyridine rings is 2. The standard InChI is InChI=1S/C48H34N2/c1-31-28-36(33-20-24-49-25-21-33)14-17-39(31)47-43-11-5-6-12-44(43)48(40-18-15-37(29-32(40)2)34-22-26-50-27-23-34)46-30-38(16-19-45(46)47)42-13-7-9-35-8-3-4-10-41(35)42/h3-30H,1-2H3. The molecule has 2 heterocycles. The van der Waals surface area contributed by atoms with Crippen LogP contribution < -0.4 is 0 Å². The molecule has 236 valence electrons. The van der Waals surface area contributed by atoms with Crippen molar-refractivity contribution >= 4 is 32.3 Å². The van der Waals surface area contributed by atoms with E-state index in [1.165, 1.54) is 99.1 Å². The van der Waals surface area contributed by atoms with Crippen molar-refractivity contribution in [2.45, 2.75) is 13.8 Å². The summed E-state index contributed by atoms with van der Waals surface area (Å²) in [6, 6.07) is 53.4. The van der Waals surface area contributed by atoms with Gasteiger partial charge >= 0.3 is 0 Å². The van der Waals surface area contributed by atoms with Crippen LogP contribution in [-0.2, 0) is 0 Å². The van der Waals surface area contributed by atoms with Gasteiger partial charge in [-0.15, -0.1) is 0 Å². The van der Waals surface area contributed by atoms with Gasteiger partial charge in [0.1, 0.15) is 0 Å². The average Bonchev–Trinajstić information content (AvgIpc) is 3.17. The topological polar surface area (TPSA) is 25.8 Å². The van der Waals surface area contributed by atoms with Crippen molar-refractivity contribution in [3.05, 3.63) is 182 Å². The number of hydrogen-bond donors (Lipinski definition) is 0. The second kappa shape index (κ2) is 12.3. The molecule has 2 heteroatoms. The number of fused-ring (bicyclic) bond motifs is 3. The summed E-state index contributed by atoms with van der Waals surface area (Å²) in [6.07, 6.45) is 7.44. The van der Waals surface area contributed by atoms with Gasteiger partial charge in [0, 0.05) is 24.8 Å². The van der Waals surface area contributed by atoms with Gasteiger partial charge < -0.3 is 0 Å². The highest BCUT2D eigenvalue weighted by Gasteiger charge is 2.20. The lowest BCUT2D eigenvalue weighted by atomic mass is 9.82. The van der Waals surface area contributed by atoms with Gasteiger partial charge in [-0.05, 0) is 143 Å². The molecule has 0 aliphatic rings. The van der Waals surface area contributed by atoms with Crippen LogP contribution in [0, 0.1) is 13.8 Å². The van der Waals surface area contributed by atoms with Gasteiger partial charge in [-0.25, -0.2) is 0 Å². The Bertz CT molecular complexity index is 2710.